The van der Waals surface area contributed by atoms with Crippen molar-refractivity contribution in [1.82, 2.24) is 14.9 Å². The zero-order valence-corrected chi connectivity index (χ0v) is 11.6. The number of carbonyl (C=O) groups is 1. The van der Waals surface area contributed by atoms with Crippen LogP contribution >= 0.6 is 22.9 Å². The summed E-state index contributed by atoms with van der Waals surface area (Å²) in [5, 5.41) is 2.26. The third-order valence-corrected chi connectivity index (χ3v) is 3.23. The van der Waals surface area contributed by atoms with Crippen molar-refractivity contribution in [3.05, 3.63) is 45.1 Å². The van der Waals surface area contributed by atoms with Crippen molar-refractivity contribution in [2.24, 2.45) is 0 Å². The van der Waals surface area contributed by atoms with E-state index in [2.05, 4.69) is 9.97 Å². The van der Waals surface area contributed by atoms with E-state index in [1.165, 1.54) is 11.3 Å². The molecule has 2 aromatic rings. The fourth-order valence-corrected chi connectivity index (χ4v) is 2.40. The zero-order chi connectivity index (χ0) is 13.1. The molecule has 0 N–H and O–H groups in total. The van der Waals surface area contributed by atoms with Gasteiger partial charge in [-0.3, -0.25) is 4.79 Å². The van der Waals surface area contributed by atoms with Crippen LogP contribution < -0.4 is 0 Å². The number of pyridine rings is 1. The highest BCUT2D eigenvalue weighted by molar-refractivity contribution is 7.07. The number of amides is 1. The number of hydrogen-bond donors (Lipinski definition) is 0. The lowest BCUT2D eigenvalue weighted by Crippen LogP contribution is -2.26. The van der Waals surface area contributed by atoms with Gasteiger partial charge in [0.15, 0.2) is 0 Å². The summed E-state index contributed by atoms with van der Waals surface area (Å²) in [7, 11) is 1.74. The van der Waals surface area contributed by atoms with Crippen LogP contribution in [0.15, 0.2) is 23.0 Å². The van der Waals surface area contributed by atoms with Crippen molar-refractivity contribution >= 4 is 28.8 Å². The standard InChI is InChI=1S/C12H12ClN3OS/c1-8-3-9(4-11(13)15-8)12(17)16(2)5-10-6-18-7-14-10/h3-4,6-7H,5H2,1-2H3. The molecule has 0 unspecified atom stereocenters. The maximum absolute atomic E-state index is 12.2. The minimum atomic E-state index is -0.0876. The van der Waals surface area contributed by atoms with Crippen molar-refractivity contribution in [2.45, 2.75) is 13.5 Å². The van der Waals surface area contributed by atoms with E-state index in [4.69, 9.17) is 11.6 Å². The first kappa shape index (κ1) is 13.0. The Morgan fingerprint density at radius 3 is 2.89 bits per heavy atom. The first-order chi connectivity index (χ1) is 8.56. The van der Waals surface area contributed by atoms with E-state index >= 15 is 0 Å². The Labute approximate surface area is 114 Å². The lowest BCUT2D eigenvalue weighted by atomic mass is 10.2. The molecule has 0 aromatic carbocycles. The lowest BCUT2D eigenvalue weighted by Gasteiger charge is -2.16. The average Bonchev–Trinajstić information content (AvgIpc) is 2.79. The summed E-state index contributed by atoms with van der Waals surface area (Å²) in [5.74, 6) is -0.0876. The molecule has 0 saturated heterocycles. The largest absolute Gasteiger partial charge is 0.336 e. The molecule has 0 fully saturated rings. The molecule has 0 bridgehead atoms. The van der Waals surface area contributed by atoms with Gasteiger partial charge in [-0.25, -0.2) is 9.97 Å². The van der Waals surface area contributed by atoms with Crippen LogP contribution in [-0.4, -0.2) is 27.8 Å². The van der Waals surface area contributed by atoms with Gasteiger partial charge in [-0.05, 0) is 19.1 Å². The van der Waals surface area contributed by atoms with Crippen LogP contribution in [0.1, 0.15) is 21.7 Å². The Morgan fingerprint density at radius 2 is 2.28 bits per heavy atom. The van der Waals surface area contributed by atoms with E-state index in [0.717, 1.165) is 11.4 Å². The van der Waals surface area contributed by atoms with E-state index in [1.807, 2.05) is 12.3 Å². The molecule has 0 radical (unpaired) electrons. The number of aromatic nitrogens is 2. The summed E-state index contributed by atoms with van der Waals surface area (Å²) in [6.07, 6.45) is 0. The van der Waals surface area contributed by atoms with Gasteiger partial charge in [0.05, 0.1) is 17.7 Å². The van der Waals surface area contributed by atoms with E-state index in [9.17, 15) is 4.79 Å². The van der Waals surface area contributed by atoms with Gasteiger partial charge in [-0.2, -0.15) is 0 Å². The van der Waals surface area contributed by atoms with Crippen molar-refractivity contribution in [1.29, 1.82) is 0 Å². The Kier molecular flexibility index (Phi) is 3.93. The molecule has 0 aliphatic rings. The zero-order valence-electron chi connectivity index (χ0n) is 10.1. The summed E-state index contributed by atoms with van der Waals surface area (Å²) < 4.78 is 0. The van der Waals surface area contributed by atoms with E-state index in [0.29, 0.717) is 17.3 Å². The topological polar surface area (TPSA) is 46.1 Å². The maximum atomic E-state index is 12.2. The van der Waals surface area contributed by atoms with Crippen LogP contribution in [0.3, 0.4) is 0 Å². The molecule has 2 heterocycles. The molecule has 0 atom stereocenters. The van der Waals surface area contributed by atoms with Crippen molar-refractivity contribution in [3.63, 3.8) is 0 Å². The Morgan fingerprint density at radius 1 is 1.50 bits per heavy atom. The van der Waals surface area contributed by atoms with Crippen LogP contribution in [0.2, 0.25) is 5.15 Å². The smallest absolute Gasteiger partial charge is 0.254 e. The monoisotopic (exact) mass is 281 g/mol. The van der Waals surface area contributed by atoms with Gasteiger partial charge in [0.2, 0.25) is 0 Å². The van der Waals surface area contributed by atoms with Gasteiger partial charge in [-0.15, -0.1) is 11.3 Å². The van der Waals surface area contributed by atoms with E-state index in [-0.39, 0.29) is 5.91 Å². The molecule has 2 aromatic heterocycles. The third kappa shape index (κ3) is 3.05. The molecule has 0 saturated carbocycles. The molecular formula is C12H12ClN3OS. The molecule has 2 rings (SSSR count). The lowest BCUT2D eigenvalue weighted by molar-refractivity contribution is 0.0783. The Hall–Kier alpha value is -1.46. The van der Waals surface area contributed by atoms with Crippen LogP contribution in [0.5, 0.6) is 0 Å². The van der Waals surface area contributed by atoms with Gasteiger partial charge < -0.3 is 4.90 Å². The molecule has 0 aliphatic carbocycles. The second kappa shape index (κ2) is 5.46. The molecule has 6 heteroatoms. The summed E-state index contributed by atoms with van der Waals surface area (Å²) in [6.45, 7) is 2.30. The predicted molar refractivity (Wildman–Crippen MR) is 71.9 cm³/mol. The first-order valence-corrected chi connectivity index (χ1v) is 6.65. The number of rotatable bonds is 3. The minimum Gasteiger partial charge on any atom is -0.336 e. The number of nitrogens with zero attached hydrogens (tertiary/aromatic N) is 3. The van der Waals surface area contributed by atoms with Crippen molar-refractivity contribution in [3.8, 4) is 0 Å². The van der Waals surface area contributed by atoms with Crippen LogP contribution in [0, 0.1) is 6.92 Å². The molecule has 94 valence electrons. The van der Waals surface area contributed by atoms with Crippen molar-refractivity contribution < 1.29 is 4.79 Å². The SMILES string of the molecule is Cc1cc(C(=O)N(C)Cc2cscn2)cc(Cl)n1. The summed E-state index contributed by atoms with van der Waals surface area (Å²) in [6, 6.07) is 3.31. The maximum Gasteiger partial charge on any atom is 0.254 e. The quantitative estimate of drug-likeness (QED) is 0.813. The molecule has 0 spiro atoms. The molecule has 0 aliphatic heterocycles. The highest BCUT2D eigenvalue weighted by Gasteiger charge is 2.14. The summed E-state index contributed by atoms with van der Waals surface area (Å²) in [5.41, 5.74) is 3.91. The first-order valence-electron chi connectivity index (χ1n) is 5.33. The summed E-state index contributed by atoms with van der Waals surface area (Å²) >= 11 is 7.36. The van der Waals surface area contributed by atoms with Gasteiger partial charge in [0.25, 0.3) is 5.91 Å². The number of aryl methyl sites for hydroxylation is 1. The van der Waals surface area contributed by atoms with E-state index < -0.39 is 0 Å². The molecular weight excluding hydrogens is 270 g/mol. The second-order valence-corrected chi connectivity index (χ2v) is 5.07. The molecule has 4 nitrogen and oxygen atoms in total. The molecule has 1 amide bonds. The normalized spacial score (nSPS) is 10.4. The Bertz CT molecular complexity index is 536. The highest BCUT2D eigenvalue weighted by atomic mass is 35.5. The average molecular weight is 282 g/mol. The molecule has 18 heavy (non-hydrogen) atoms. The van der Waals surface area contributed by atoms with Gasteiger partial charge in [-0.1, -0.05) is 11.6 Å². The number of hydrogen-bond acceptors (Lipinski definition) is 4. The minimum absolute atomic E-state index is 0.0876. The van der Waals surface area contributed by atoms with Crippen molar-refractivity contribution in [2.75, 3.05) is 7.05 Å². The van der Waals surface area contributed by atoms with Crippen LogP contribution in [0.25, 0.3) is 0 Å². The van der Waals surface area contributed by atoms with Crippen LogP contribution in [-0.2, 0) is 6.54 Å². The fraction of sp³-hybridized carbons (Fsp3) is 0.250. The van der Waals surface area contributed by atoms with Crippen LogP contribution in [0.4, 0.5) is 0 Å². The van der Waals surface area contributed by atoms with Gasteiger partial charge >= 0.3 is 0 Å². The van der Waals surface area contributed by atoms with Gasteiger partial charge in [0.1, 0.15) is 5.15 Å². The predicted octanol–water partition coefficient (Wildman–Crippen LogP) is 2.77. The number of thiazole rings is 1. The number of carbonyl (C=O) groups excluding carboxylic acids is 1. The summed E-state index contributed by atoms with van der Waals surface area (Å²) in [4.78, 5) is 22.0. The third-order valence-electron chi connectivity index (χ3n) is 2.40. The highest BCUT2D eigenvalue weighted by Crippen LogP contribution is 2.13. The fourth-order valence-electron chi connectivity index (χ4n) is 1.60. The van der Waals surface area contributed by atoms with Gasteiger partial charge in [0, 0.05) is 23.7 Å². The Balaban J connectivity index is 2.15. The second-order valence-electron chi connectivity index (χ2n) is 3.96. The van der Waals surface area contributed by atoms with E-state index in [1.54, 1.807) is 29.6 Å². The number of halogens is 1.